The lowest BCUT2D eigenvalue weighted by Crippen LogP contribution is -2.40. The average Bonchev–Trinajstić information content (AvgIpc) is 2.85. The Bertz CT molecular complexity index is 537. The maximum Gasteiger partial charge on any atom is 0.416 e. The number of imide groups is 1. The van der Waals surface area contributed by atoms with Gasteiger partial charge in [-0.05, 0) is 24.3 Å². The normalized spacial score (nSPS) is 18.2. The molecule has 0 unspecified atom stereocenters. The van der Waals surface area contributed by atoms with E-state index in [4.69, 9.17) is 4.74 Å². The van der Waals surface area contributed by atoms with Crippen LogP contribution in [0.5, 0.6) is 0 Å². The van der Waals surface area contributed by atoms with E-state index in [9.17, 15) is 9.59 Å². The van der Waals surface area contributed by atoms with Crippen LogP contribution < -0.4 is 0 Å². The number of rotatable bonds is 6. The SMILES string of the molecule is CC(C)/C=C/CCC(=O)N1C(=O)OC[C@@H]1Cc1ccccc1. The fraction of sp³-hybridized carbons (Fsp3) is 0.444. The molecular weight excluding hydrogens is 278 g/mol. The molecule has 4 heteroatoms. The summed E-state index contributed by atoms with van der Waals surface area (Å²) in [5.74, 6) is 0.314. The number of nitrogens with zero attached hydrogens (tertiary/aromatic N) is 1. The third-order valence-corrected chi connectivity index (χ3v) is 3.59. The third-order valence-electron chi connectivity index (χ3n) is 3.59. The number of allylic oxidation sites excluding steroid dienone is 2. The van der Waals surface area contributed by atoms with Gasteiger partial charge in [0.25, 0.3) is 0 Å². The van der Waals surface area contributed by atoms with Gasteiger partial charge >= 0.3 is 6.09 Å². The average molecular weight is 301 g/mol. The molecule has 1 aromatic rings. The van der Waals surface area contributed by atoms with Crippen LogP contribution in [0.15, 0.2) is 42.5 Å². The maximum absolute atomic E-state index is 12.3. The summed E-state index contributed by atoms with van der Waals surface area (Å²) in [6, 6.07) is 9.65. The van der Waals surface area contributed by atoms with Crippen molar-refractivity contribution in [1.29, 1.82) is 0 Å². The smallest absolute Gasteiger partial charge is 0.416 e. The minimum Gasteiger partial charge on any atom is -0.447 e. The first kappa shape index (κ1) is 16.3. The second-order valence-corrected chi connectivity index (χ2v) is 5.90. The van der Waals surface area contributed by atoms with Gasteiger partial charge in [-0.3, -0.25) is 4.79 Å². The zero-order valence-electron chi connectivity index (χ0n) is 13.2. The summed E-state index contributed by atoms with van der Waals surface area (Å²) < 4.78 is 5.06. The first-order chi connectivity index (χ1) is 10.6. The Morgan fingerprint density at radius 3 is 2.77 bits per heavy atom. The lowest BCUT2D eigenvalue weighted by Gasteiger charge is -2.19. The summed E-state index contributed by atoms with van der Waals surface area (Å²) in [5.41, 5.74) is 1.10. The zero-order valence-corrected chi connectivity index (χ0v) is 13.2. The van der Waals surface area contributed by atoms with E-state index >= 15 is 0 Å². The summed E-state index contributed by atoms with van der Waals surface area (Å²) in [7, 11) is 0. The van der Waals surface area contributed by atoms with Crippen molar-refractivity contribution in [2.45, 2.75) is 39.2 Å². The lowest BCUT2D eigenvalue weighted by atomic mass is 10.1. The highest BCUT2D eigenvalue weighted by Gasteiger charge is 2.37. The van der Waals surface area contributed by atoms with E-state index in [0.29, 0.717) is 25.2 Å². The Hall–Kier alpha value is -2.10. The molecule has 4 nitrogen and oxygen atoms in total. The van der Waals surface area contributed by atoms with Crippen molar-refractivity contribution in [2.75, 3.05) is 6.61 Å². The number of hydrogen-bond donors (Lipinski definition) is 0. The van der Waals surface area contributed by atoms with Gasteiger partial charge in [-0.25, -0.2) is 9.69 Å². The highest BCUT2D eigenvalue weighted by Crippen LogP contribution is 2.19. The molecule has 2 amide bonds. The summed E-state index contributed by atoms with van der Waals surface area (Å²) >= 11 is 0. The van der Waals surface area contributed by atoms with Crippen molar-refractivity contribution in [3.05, 3.63) is 48.0 Å². The molecule has 0 N–H and O–H groups in total. The molecule has 0 aliphatic carbocycles. The number of cyclic esters (lactones) is 1. The monoisotopic (exact) mass is 301 g/mol. The van der Waals surface area contributed by atoms with Crippen LogP contribution in [0.1, 0.15) is 32.3 Å². The third kappa shape index (κ3) is 4.45. The number of benzene rings is 1. The van der Waals surface area contributed by atoms with Gasteiger partial charge in [0, 0.05) is 6.42 Å². The second kappa shape index (κ2) is 7.78. The summed E-state index contributed by atoms with van der Waals surface area (Å²) in [4.78, 5) is 25.4. The molecule has 1 aromatic carbocycles. The number of amides is 2. The molecule has 22 heavy (non-hydrogen) atoms. The summed E-state index contributed by atoms with van der Waals surface area (Å²) in [6.07, 6.45) is 5.18. The molecule has 0 spiro atoms. The van der Waals surface area contributed by atoms with E-state index in [0.717, 1.165) is 5.56 Å². The molecule has 0 bridgehead atoms. The van der Waals surface area contributed by atoms with E-state index in [1.54, 1.807) is 0 Å². The largest absolute Gasteiger partial charge is 0.447 e. The van der Waals surface area contributed by atoms with Gasteiger partial charge in [0.05, 0.1) is 6.04 Å². The molecule has 1 fully saturated rings. The van der Waals surface area contributed by atoms with Crippen LogP contribution in [-0.4, -0.2) is 29.5 Å². The van der Waals surface area contributed by atoms with Crippen LogP contribution in [0.25, 0.3) is 0 Å². The van der Waals surface area contributed by atoms with E-state index < -0.39 is 6.09 Å². The highest BCUT2D eigenvalue weighted by atomic mass is 16.6. The zero-order chi connectivity index (χ0) is 15.9. The topological polar surface area (TPSA) is 46.6 Å². The molecule has 0 radical (unpaired) electrons. The second-order valence-electron chi connectivity index (χ2n) is 5.90. The molecular formula is C18H23NO3. The van der Waals surface area contributed by atoms with Gasteiger partial charge in [-0.15, -0.1) is 0 Å². The predicted octanol–water partition coefficient (Wildman–Crippen LogP) is 3.57. The molecule has 0 saturated carbocycles. The number of carbonyl (C=O) groups excluding carboxylic acids is 2. The summed E-state index contributed by atoms with van der Waals surface area (Å²) in [5, 5.41) is 0. The fourth-order valence-electron chi connectivity index (χ4n) is 2.50. The highest BCUT2D eigenvalue weighted by molar-refractivity contribution is 5.93. The molecule has 0 aromatic heterocycles. The van der Waals surface area contributed by atoms with Crippen LogP contribution >= 0.6 is 0 Å². The van der Waals surface area contributed by atoms with E-state index in [1.165, 1.54) is 4.90 Å². The maximum atomic E-state index is 12.3. The van der Waals surface area contributed by atoms with Crippen molar-refractivity contribution in [2.24, 2.45) is 5.92 Å². The lowest BCUT2D eigenvalue weighted by molar-refractivity contribution is -0.129. The van der Waals surface area contributed by atoms with E-state index in [2.05, 4.69) is 19.9 Å². The summed E-state index contributed by atoms with van der Waals surface area (Å²) in [6.45, 7) is 4.46. The van der Waals surface area contributed by atoms with Crippen molar-refractivity contribution < 1.29 is 14.3 Å². The quantitative estimate of drug-likeness (QED) is 0.755. The minimum absolute atomic E-state index is 0.156. The van der Waals surface area contributed by atoms with Gasteiger partial charge in [-0.1, -0.05) is 56.3 Å². The minimum atomic E-state index is -0.515. The Kier molecular flexibility index (Phi) is 5.75. The Morgan fingerprint density at radius 2 is 2.09 bits per heavy atom. The van der Waals surface area contributed by atoms with Crippen LogP contribution in [0.3, 0.4) is 0 Å². The van der Waals surface area contributed by atoms with Gasteiger partial charge < -0.3 is 4.74 Å². The molecule has 1 heterocycles. The molecule has 1 saturated heterocycles. The Balaban J connectivity index is 1.94. The van der Waals surface area contributed by atoms with Crippen LogP contribution in [0, 0.1) is 5.92 Å². The number of carbonyl (C=O) groups is 2. The number of ether oxygens (including phenoxy) is 1. The Labute approximate surface area is 131 Å². The van der Waals surface area contributed by atoms with Gasteiger partial charge in [0.2, 0.25) is 5.91 Å². The first-order valence-corrected chi connectivity index (χ1v) is 7.77. The van der Waals surface area contributed by atoms with E-state index in [1.807, 2.05) is 36.4 Å². The van der Waals surface area contributed by atoms with Gasteiger partial charge in [0.15, 0.2) is 0 Å². The van der Waals surface area contributed by atoms with Crippen molar-refractivity contribution >= 4 is 12.0 Å². The van der Waals surface area contributed by atoms with Gasteiger partial charge in [-0.2, -0.15) is 0 Å². The van der Waals surface area contributed by atoms with Crippen molar-refractivity contribution in [1.82, 2.24) is 4.90 Å². The predicted molar refractivity (Wildman–Crippen MR) is 85.3 cm³/mol. The van der Waals surface area contributed by atoms with Gasteiger partial charge in [0.1, 0.15) is 6.61 Å². The molecule has 2 rings (SSSR count). The fourth-order valence-corrected chi connectivity index (χ4v) is 2.50. The molecule has 118 valence electrons. The van der Waals surface area contributed by atoms with Crippen molar-refractivity contribution in [3.8, 4) is 0 Å². The van der Waals surface area contributed by atoms with Crippen LogP contribution in [0.4, 0.5) is 4.79 Å². The standard InChI is InChI=1S/C18H23NO3/c1-14(2)8-6-7-11-17(20)19-16(13-22-18(19)21)12-15-9-4-3-5-10-15/h3-6,8-10,14,16H,7,11-13H2,1-2H3/b8-6+/t16-/m0/s1. The van der Waals surface area contributed by atoms with E-state index in [-0.39, 0.29) is 18.6 Å². The van der Waals surface area contributed by atoms with Crippen LogP contribution in [0.2, 0.25) is 0 Å². The number of hydrogen-bond acceptors (Lipinski definition) is 3. The Morgan fingerprint density at radius 1 is 1.36 bits per heavy atom. The van der Waals surface area contributed by atoms with Crippen LogP contribution in [-0.2, 0) is 16.0 Å². The molecule has 1 atom stereocenters. The van der Waals surface area contributed by atoms with Crippen molar-refractivity contribution in [3.63, 3.8) is 0 Å². The molecule has 1 aliphatic rings. The molecule has 1 aliphatic heterocycles. The first-order valence-electron chi connectivity index (χ1n) is 7.77.